The number of hydrogen-bond acceptors (Lipinski definition) is 6. The van der Waals surface area contributed by atoms with Crippen LogP contribution < -0.4 is 15.4 Å². The summed E-state index contributed by atoms with van der Waals surface area (Å²) in [4.78, 5) is 38.2. The Balaban J connectivity index is 1.91. The van der Waals surface area contributed by atoms with Crippen molar-refractivity contribution >= 4 is 27.7 Å². The van der Waals surface area contributed by atoms with Gasteiger partial charge in [0.2, 0.25) is 27.7 Å². The number of nitrogens with zero attached hydrogens (tertiary/aromatic N) is 2. The molecular formula is C19H28N4O6S. The fourth-order valence-electron chi connectivity index (χ4n) is 2.98. The summed E-state index contributed by atoms with van der Waals surface area (Å²) in [5.41, 5.74) is -0.556. The van der Waals surface area contributed by atoms with E-state index in [-0.39, 0.29) is 26.2 Å². The number of carbonyl (C=O) groups excluding carboxylic acids is 3. The minimum absolute atomic E-state index is 0.187. The maximum atomic E-state index is 12.7. The number of nitrogens with one attached hydrogen (secondary N) is 2. The first kappa shape index (κ1) is 23.6. The third kappa shape index (κ3) is 5.70. The fourth-order valence-corrected chi connectivity index (χ4v) is 3.81. The van der Waals surface area contributed by atoms with Gasteiger partial charge in [0.05, 0.1) is 26.0 Å². The van der Waals surface area contributed by atoms with E-state index in [1.807, 2.05) is 19.1 Å². The molecule has 1 aliphatic rings. The molecule has 0 saturated carbocycles. The van der Waals surface area contributed by atoms with Crippen LogP contribution in [0.1, 0.15) is 19.4 Å². The number of piperazine rings is 1. The van der Waals surface area contributed by atoms with Gasteiger partial charge in [0.15, 0.2) is 0 Å². The van der Waals surface area contributed by atoms with Crippen molar-refractivity contribution in [1.82, 2.24) is 19.8 Å². The summed E-state index contributed by atoms with van der Waals surface area (Å²) in [7, 11) is -2.21. The highest BCUT2D eigenvalue weighted by molar-refractivity contribution is 7.88. The fraction of sp³-hybridized carbons (Fsp3) is 0.526. The van der Waals surface area contributed by atoms with Crippen molar-refractivity contribution in [2.75, 3.05) is 39.5 Å². The highest BCUT2D eigenvalue weighted by atomic mass is 32.2. The first-order chi connectivity index (χ1) is 14.0. The van der Waals surface area contributed by atoms with Crippen LogP contribution in [0.5, 0.6) is 5.75 Å². The Hall–Kier alpha value is -2.66. The first-order valence-electron chi connectivity index (χ1n) is 9.46. The van der Waals surface area contributed by atoms with Crippen LogP contribution in [-0.2, 0) is 31.0 Å². The largest absolute Gasteiger partial charge is 0.494 e. The van der Waals surface area contributed by atoms with Crippen LogP contribution in [0, 0.1) is 0 Å². The van der Waals surface area contributed by atoms with Crippen molar-refractivity contribution in [3.8, 4) is 5.75 Å². The molecule has 0 bridgehead atoms. The number of ether oxygens (including phenoxy) is 1. The van der Waals surface area contributed by atoms with Gasteiger partial charge < -0.3 is 20.3 Å². The van der Waals surface area contributed by atoms with Gasteiger partial charge in [0, 0.05) is 20.1 Å². The predicted molar refractivity (Wildman–Crippen MR) is 110 cm³/mol. The molecule has 10 nitrogen and oxygen atoms in total. The van der Waals surface area contributed by atoms with E-state index in [2.05, 4.69) is 10.6 Å². The lowest BCUT2D eigenvalue weighted by atomic mass is 9.96. The molecule has 1 atom stereocenters. The van der Waals surface area contributed by atoms with Gasteiger partial charge in [-0.3, -0.25) is 14.4 Å². The predicted octanol–water partition coefficient (Wildman–Crippen LogP) is -0.690. The van der Waals surface area contributed by atoms with Crippen LogP contribution in [0.25, 0.3) is 0 Å². The number of amides is 3. The van der Waals surface area contributed by atoms with Gasteiger partial charge in [-0.05, 0) is 31.5 Å². The normalized spacial score (nSPS) is 20.0. The van der Waals surface area contributed by atoms with Gasteiger partial charge >= 0.3 is 0 Å². The molecule has 0 aromatic heterocycles. The number of sulfonamides is 1. The van der Waals surface area contributed by atoms with Gasteiger partial charge in [-0.1, -0.05) is 12.1 Å². The van der Waals surface area contributed by atoms with Crippen molar-refractivity contribution in [2.45, 2.75) is 25.9 Å². The monoisotopic (exact) mass is 440 g/mol. The molecule has 0 aliphatic carbocycles. The minimum atomic E-state index is -3.65. The second-order valence-electron chi connectivity index (χ2n) is 7.29. The Morgan fingerprint density at radius 3 is 2.40 bits per heavy atom. The van der Waals surface area contributed by atoms with Crippen LogP contribution in [0.4, 0.5) is 0 Å². The van der Waals surface area contributed by atoms with Crippen LogP contribution in [0.3, 0.4) is 0 Å². The second kappa shape index (κ2) is 9.43. The second-order valence-corrected chi connectivity index (χ2v) is 9.28. The molecule has 0 spiro atoms. The zero-order valence-electron chi connectivity index (χ0n) is 17.6. The maximum absolute atomic E-state index is 12.7. The molecule has 1 heterocycles. The number of likely N-dealkylation sites (N-methyl/N-ethyl adjacent to an activating group) is 1. The summed E-state index contributed by atoms with van der Waals surface area (Å²) >= 11 is 0. The maximum Gasteiger partial charge on any atom is 0.247 e. The van der Waals surface area contributed by atoms with Gasteiger partial charge in [-0.15, -0.1) is 0 Å². The molecule has 1 aliphatic heterocycles. The SMILES string of the molecule is CCOc1ccc(CNC(=O)CNC(=O)C2(C)CN(S(C)(=O)=O)CC(=O)N2C)cc1. The molecule has 1 aromatic rings. The van der Waals surface area contributed by atoms with Gasteiger partial charge in [0.1, 0.15) is 11.3 Å². The zero-order chi connectivity index (χ0) is 22.5. The zero-order valence-corrected chi connectivity index (χ0v) is 18.4. The standard InChI is InChI=1S/C19H28N4O6S/c1-5-29-15-8-6-14(7-9-15)10-20-16(24)11-21-18(26)19(2)13-23(30(4,27)28)12-17(25)22(19)3/h6-9H,5,10-13H2,1-4H3,(H,20,24)(H,21,26). The Morgan fingerprint density at radius 2 is 1.83 bits per heavy atom. The minimum Gasteiger partial charge on any atom is -0.494 e. The Kier molecular flexibility index (Phi) is 7.43. The van der Waals surface area contributed by atoms with E-state index in [4.69, 9.17) is 4.74 Å². The van der Waals surface area contributed by atoms with Gasteiger partial charge in [-0.25, -0.2) is 8.42 Å². The van der Waals surface area contributed by atoms with Crippen LogP contribution in [0.15, 0.2) is 24.3 Å². The lowest BCUT2D eigenvalue weighted by Gasteiger charge is -2.44. The van der Waals surface area contributed by atoms with E-state index in [0.717, 1.165) is 21.9 Å². The van der Waals surface area contributed by atoms with Gasteiger partial charge in [0.25, 0.3) is 0 Å². The lowest BCUT2D eigenvalue weighted by molar-refractivity contribution is -0.150. The van der Waals surface area contributed by atoms with Gasteiger partial charge in [-0.2, -0.15) is 4.31 Å². The smallest absolute Gasteiger partial charge is 0.247 e. The molecule has 166 valence electrons. The third-order valence-corrected chi connectivity index (χ3v) is 6.20. The molecule has 1 unspecified atom stereocenters. The first-order valence-corrected chi connectivity index (χ1v) is 11.3. The van der Waals surface area contributed by atoms with Crippen LogP contribution in [0.2, 0.25) is 0 Å². The quantitative estimate of drug-likeness (QED) is 0.551. The van der Waals surface area contributed by atoms with Crippen molar-refractivity contribution in [1.29, 1.82) is 0 Å². The van der Waals surface area contributed by atoms with E-state index in [0.29, 0.717) is 6.61 Å². The van der Waals surface area contributed by atoms with Crippen LogP contribution in [-0.4, -0.2) is 80.4 Å². The number of carbonyl (C=O) groups is 3. The molecule has 11 heteroatoms. The topological polar surface area (TPSA) is 125 Å². The average molecular weight is 441 g/mol. The summed E-state index contributed by atoms with van der Waals surface area (Å²) < 4.78 is 30.0. The molecule has 1 aromatic carbocycles. The molecule has 1 fully saturated rings. The number of rotatable bonds is 8. The molecule has 30 heavy (non-hydrogen) atoms. The van der Waals surface area contributed by atoms with Crippen molar-refractivity contribution in [3.63, 3.8) is 0 Å². The highest BCUT2D eigenvalue weighted by Gasteiger charge is 2.47. The molecule has 0 radical (unpaired) electrons. The van der Waals surface area contributed by atoms with E-state index in [1.165, 1.54) is 18.9 Å². The molecule has 3 amide bonds. The Bertz CT molecular complexity index is 902. The van der Waals surface area contributed by atoms with Crippen LogP contribution >= 0.6 is 0 Å². The summed E-state index contributed by atoms with van der Waals surface area (Å²) in [6.45, 7) is 3.40. The van der Waals surface area contributed by atoms with E-state index >= 15 is 0 Å². The summed E-state index contributed by atoms with van der Waals surface area (Å²) in [5.74, 6) is -0.778. The molecular weight excluding hydrogens is 412 g/mol. The summed E-state index contributed by atoms with van der Waals surface area (Å²) in [6, 6.07) is 7.26. The molecule has 2 rings (SSSR count). The number of benzene rings is 1. The average Bonchev–Trinajstić information content (AvgIpc) is 2.68. The summed E-state index contributed by atoms with van der Waals surface area (Å²) in [6.07, 6.45) is 0.984. The molecule has 2 N–H and O–H groups in total. The number of hydrogen-bond donors (Lipinski definition) is 2. The van der Waals surface area contributed by atoms with E-state index < -0.39 is 33.3 Å². The lowest BCUT2D eigenvalue weighted by Crippen LogP contribution is -2.68. The Labute approximate surface area is 176 Å². The van der Waals surface area contributed by atoms with Crippen molar-refractivity contribution < 1.29 is 27.5 Å². The van der Waals surface area contributed by atoms with Crippen molar-refractivity contribution in [2.24, 2.45) is 0 Å². The van der Waals surface area contributed by atoms with E-state index in [1.54, 1.807) is 12.1 Å². The highest BCUT2D eigenvalue weighted by Crippen LogP contribution is 2.22. The summed E-state index contributed by atoms with van der Waals surface area (Å²) in [5, 5.41) is 5.18. The Morgan fingerprint density at radius 1 is 1.20 bits per heavy atom. The molecule has 1 saturated heterocycles. The third-order valence-electron chi connectivity index (χ3n) is 5.00. The van der Waals surface area contributed by atoms with E-state index in [9.17, 15) is 22.8 Å². The van der Waals surface area contributed by atoms with Crippen molar-refractivity contribution in [3.05, 3.63) is 29.8 Å².